The highest BCUT2D eigenvalue weighted by atomic mass is 16.5. The van der Waals surface area contributed by atoms with E-state index in [0.717, 1.165) is 44.9 Å². The molecule has 0 radical (unpaired) electrons. The first-order valence-corrected chi connectivity index (χ1v) is 7.20. The Morgan fingerprint density at radius 2 is 1.83 bits per heavy atom. The number of fused-ring (bicyclic) bond motifs is 2. The fraction of sp³-hybridized carbons (Fsp3) is 0.933. The molecule has 3 unspecified atom stereocenters. The minimum absolute atomic E-state index is 0.0290. The van der Waals surface area contributed by atoms with Gasteiger partial charge in [0.2, 0.25) is 0 Å². The monoisotopic (exact) mass is 249 g/mol. The summed E-state index contributed by atoms with van der Waals surface area (Å²) in [6.07, 6.45) is 6.45. The summed E-state index contributed by atoms with van der Waals surface area (Å²) in [7, 11) is 0. The molecule has 2 aliphatic heterocycles. The summed E-state index contributed by atoms with van der Waals surface area (Å²) in [6, 6.07) is 2.47. The van der Waals surface area contributed by atoms with Crippen molar-refractivity contribution in [1.29, 1.82) is 5.26 Å². The van der Waals surface area contributed by atoms with Gasteiger partial charge >= 0.3 is 0 Å². The van der Waals surface area contributed by atoms with Gasteiger partial charge in [-0.05, 0) is 50.4 Å². The number of rotatable bonds is 1. The predicted octanol–water partition coefficient (Wildman–Crippen LogP) is 2.78. The molecular weight excluding hydrogens is 226 g/mol. The van der Waals surface area contributed by atoms with Gasteiger partial charge in [0.15, 0.2) is 0 Å². The second-order valence-corrected chi connectivity index (χ2v) is 7.31. The molecule has 0 aromatic carbocycles. The van der Waals surface area contributed by atoms with Gasteiger partial charge in [-0.3, -0.25) is 0 Å². The molecule has 2 heterocycles. The molecule has 2 bridgehead atoms. The van der Waals surface area contributed by atoms with Crippen molar-refractivity contribution < 1.29 is 9.84 Å². The van der Waals surface area contributed by atoms with E-state index >= 15 is 0 Å². The maximum atomic E-state index is 11.1. The summed E-state index contributed by atoms with van der Waals surface area (Å²) < 4.78 is 5.87. The number of ether oxygens (including phenoxy) is 1. The molecule has 3 fully saturated rings. The first-order valence-electron chi connectivity index (χ1n) is 7.20. The maximum absolute atomic E-state index is 11.1. The lowest BCUT2D eigenvalue weighted by molar-refractivity contribution is -0.122. The second kappa shape index (κ2) is 3.71. The molecule has 0 amide bonds. The van der Waals surface area contributed by atoms with Crippen LogP contribution in [-0.4, -0.2) is 22.9 Å². The summed E-state index contributed by atoms with van der Waals surface area (Å²) in [6.45, 7) is 4.51. The van der Waals surface area contributed by atoms with Gasteiger partial charge in [-0.25, -0.2) is 0 Å². The number of aliphatic hydroxyl groups is 1. The number of nitriles is 1. The van der Waals surface area contributed by atoms with Crippen LogP contribution in [0.15, 0.2) is 0 Å². The van der Waals surface area contributed by atoms with Gasteiger partial charge in [-0.15, -0.1) is 0 Å². The summed E-state index contributed by atoms with van der Waals surface area (Å²) in [5, 5.41) is 20.8. The summed E-state index contributed by atoms with van der Waals surface area (Å²) >= 11 is 0. The third-order valence-electron chi connectivity index (χ3n) is 5.67. The van der Waals surface area contributed by atoms with Gasteiger partial charge in [0, 0.05) is 0 Å². The molecule has 0 aromatic rings. The molecule has 0 spiro atoms. The normalized spacial score (nSPS) is 44.8. The van der Waals surface area contributed by atoms with Crippen molar-refractivity contribution in [3.63, 3.8) is 0 Å². The molecule has 3 aliphatic rings. The highest BCUT2D eigenvalue weighted by Gasteiger charge is 2.64. The van der Waals surface area contributed by atoms with Crippen molar-refractivity contribution >= 4 is 0 Å². The van der Waals surface area contributed by atoms with Crippen LogP contribution in [0.25, 0.3) is 0 Å². The Bertz CT molecular complexity index is 388. The summed E-state index contributed by atoms with van der Waals surface area (Å²) in [4.78, 5) is 0. The van der Waals surface area contributed by atoms with E-state index in [1.165, 1.54) is 0 Å². The van der Waals surface area contributed by atoms with Crippen molar-refractivity contribution in [2.45, 2.75) is 76.6 Å². The fourth-order valence-electron chi connectivity index (χ4n) is 4.21. The Morgan fingerprint density at radius 1 is 1.17 bits per heavy atom. The van der Waals surface area contributed by atoms with Crippen LogP contribution in [0.3, 0.4) is 0 Å². The van der Waals surface area contributed by atoms with Crippen molar-refractivity contribution in [2.24, 2.45) is 10.8 Å². The molecule has 3 heteroatoms. The minimum atomic E-state index is -0.822. The average molecular weight is 249 g/mol. The van der Waals surface area contributed by atoms with Crippen molar-refractivity contribution in [1.82, 2.24) is 0 Å². The maximum Gasteiger partial charge on any atom is 0.114 e. The quantitative estimate of drug-likeness (QED) is 0.777. The lowest BCUT2D eigenvalue weighted by Gasteiger charge is -2.49. The van der Waals surface area contributed by atoms with E-state index in [-0.39, 0.29) is 12.2 Å². The van der Waals surface area contributed by atoms with E-state index in [1.807, 2.05) is 0 Å². The molecule has 18 heavy (non-hydrogen) atoms. The first-order chi connectivity index (χ1) is 8.41. The SMILES string of the molecule is CC1(C)CCC(O)(C2(C#N)CC3CCC2O3)CC1. The van der Waals surface area contributed by atoms with Crippen LogP contribution in [0.1, 0.15) is 58.8 Å². The van der Waals surface area contributed by atoms with Crippen LogP contribution in [0.4, 0.5) is 0 Å². The van der Waals surface area contributed by atoms with Gasteiger partial charge < -0.3 is 9.84 Å². The Kier molecular flexibility index (Phi) is 2.56. The lowest BCUT2D eigenvalue weighted by Crippen LogP contribution is -2.55. The fourth-order valence-corrected chi connectivity index (χ4v) is 4.21. The lowest BCUT2D eigenvalue weighted by atomic mass is 9.56. The third kappa shape index (κ3) is 1.55. The van der Waals surface area contributed by atoms with Gasteiger partial charge in [0.1, 0.15) is 5.41 Å². The Hall–Kier alpha value is -0.590. The van der Waals surface area contributed by atoms with Crippen LogP contribution < -0.4 is 0 Å². The second-order valence-electron chi connectivity index (χ2n) is 7.31. The van der Waals surface area contributed by atoms with Gasteiger partial charge in [0.05, 0.1) is 23.9 Å². The van der Waals surface area contributed by atoms with Crippen molar-refractivity contribution in [3.05, 3.63) is 0 Å². The zero-order valence-electron chi connectivity index (χ0n) is 11.4. The van der Waals surface area contributed by atoms with E-state index in [2.05, 4.69) is 19.9 Å². The molecule has 3 rings (SSSR count). The molecule has 1 aliphatic carbocycles. The minimum Gasteiger partial charge on any atom is -0.388 e. The molecule has 1 saturated carbocycles. The van der Waals surface area contributed by atoms with Crippen molar-refractivity contribution in [3.8, 4) is 6.07 Å². The molecule has 3 atom stereocenters. The zero-order valence-corrected chi connectivity index (χ0v) is 11.4. The summed E-state index contributed by atoms with van der Waals surface area (Å²) in [5.74, 6) is 0. The van der Waals surface area contributed by atoms with Crippen LogP contribution in [0, 0.1) is 22.2 Å². The zero-order chi connectivity index (χ0) is 13.0. The predicted molar refractivity (Wildman–Crippen MR) is 67.8 cm³/mol. The largest absolute Gasteiger partial charge is 0.388 e. The number of nitrogens with zero attached hydrogens (tertiary/aromatic N) is 1. The Balaban J connectivity index is 1.87. The highest BCUT2D eigenvalue weighted by molar-refractivity contribution is 5.21. The smallest absolute Gasteiger partial charge is 0.114 e. The molecule has 100 valence electrons. The average Bonchev–Trinajstić information content (AvgIpc) is 2.94. The number of hydrogen-bond acceptors (Lipinski definition) is 3. The Labute approximate surface area is 109 Å². The highest BCUT2D eigenvalue weighted by Crippen LogP contribution is 2.58. The van der Waals surface area contributed by atoms with E-state index in [9.17, 15) is 10.4 Å². The summed E-state index contributed by atoms with van der Waals surface area (Å²) in [5.41, 5.74) is -1.15. The van der Waals surface area contributed by atoms with Gasteiger partial charge in [-0.2, -0.15) is 5.26 Å². The number of hydrogen-bond donors (Lipinski definition) is 1. The van der Waals surface area contributed by atoms with E-state index in [1.54, 1.807) is 0 Å². The third-order valence-corrected chi connectivity index (χ3v) is 5.67. The molecule has 1 N–H and O–H groups in total. The topological polar surface area (TPSA) is 53.2 Å². The van der Waals surface area contributed by atoms with Gasteiger partial charge in [-0.1, -0.05) is 13.8 Å². The van der Waals surface area contributed by atoms with E-state index in [0.29, 0.717) is 5.41 Å². The van der Waals surface area contributed by atoms with E-state index < -0.39 is 11.0 Å². The van der Waals surface area contributed by atoms with Crippen LogP contribution >= 0.6 is 0 Å². The van der Waals surface area contributed by atoms with E-state index in [4.69, 9.17) is 4.74 Å². The molecule has 2 saturated heterocycles. The van der Waals surface area contributed by atoms with Crippen LogP contribution in [0.2, 0.25) is 0 Å². The standard InChI is InChI=1S/C15H23NO2/c1-13(2)5-7-15(17,8-6-13)14(10-16)9-11-3-4-12(14)18-11/h11-12,17H,3-9H2,1-2H3. The van der Waals surface area contributed by atoms with Crippen LogP contribution in [-0.2, 0) is 4.74 Å². The molecule has 3 nitrogen and oxygen atoms in total. The van der Waals surface area contributed by atoms with Crippen molar-refractivity contribution in [2.75, 3.05) is 0 Å². The first kappa shape index (κ1) is 12.4. The van der Waals surface area contributed by atoms with Gasteiger partial charge in [0.25, 0.3) is 0 Å². The Morgan fingerprint density at radius 3 is 2.28 bits per heavy atom. The molecule has 0 aromatic heterocycles. The van der Waals surface area contributed by atoms with Crippen LogP contribution in [0.5, 0.6) is 0 Å². The molecular formula is C15H23NO2.